The Labute approximate surface area is 135 Å². The van der Waals surface area contributed by atoms with Crippen LogP contribution in [-0.4, -0.2) is 34.3 Å². The van der Waals surface area contributed by atoms with Gasteiger partial charge in [-0.25, -0.2) is 4.98 Å². The van der Waals surface area contributed by atoms with E-state index in [2.05, 4.69) is 29.1 Å². The Hall–Kier alpha value is -1.69. The van der Waals surface area contributed by atoms with Gasteiger partial charge in [-0.1, -0.05) is 25.6 Å². The minimum Gasteiger partial charge on any atom is -0.494 e. The van der Waals surface area contributed by atoms with E-state index in [4.69, 9.17) is 4.74 Å². The highest BCUT2D eigenvalue weighted by Gasteiger charge is 2.12. The summed E-state index contributed by atoms with van der Waals surface area (Å²) in [6, 6.07) is 5.93. The van der Waals surface area contributed by atoms with Crippen molar-refractivity contribution in [2.24, 2.45) is 5.92 Å². The van der Waals surface area contributed by atoms with E-state index in [1.54, 1.807) is 0 Å². The third-order valence-electron chi connectivity index (χ3n) is 3.47. The van der Waals surface area contributed by atoms with Gasteiger partial charge in [-0.15, -0.1) is 0 Å². The molecule has 2 N–H and O–H groups in total. The number of imidazole rings is 1. The van der Waals surface area contributed by atoms with Crippen LogP contribution < -0.4 is 10.1 Å². The van der Waals surface area contributed by atoms with Gasteiger partial charge in [0, 0.05) is 12.1 Å². The number of aromatic amines is 1. The number of hydrogen-bond acceptors (Lipinski definition) is 4. The van der Waals surface area contributed by atoms with Crippen LogP contribution in [0.1, 0.15) is 27.7 Å². The zero-order chi connectivity index (χ0) is 16.1. The monoisotopic (exact) mass is 321 g/mol. The molecule has 1 heterocycles. The fraction of sp³-hybridized carbons (Fsp3) is 0.500. The topological polar surface area (TPSA) is 67.0 Å². The number of nitrogens with one attached hydrogen (secondary N) is 2. The van der Waals surface area contributed by atoms with E-state index in [1.165, 1.54) is 11.8 Å². The number of aromatic nitrogens is 2. The minimum absolute atomic E-state index is 0.0293. The predicted octanol–water partition coefficient (Wildman–Crippen LogP) is 3.21. The van der Waals surface area contributed by atoms with Crippen LogP contribution in [0, 0.1) is 5.92 Å². The van der Waals surface area contributed by atoms with Crippen molar-refractivity contribution in [2.45, 2.75) is 38.9 Å². The van der Waals surface area contributed by atoms with E-state index in [0.29, 0.717) is 18.3 Å². The first-order valence-corrected chi connectivity index (χ1v) is 8.53. The molecule has 1 aromatic heterocycles. The van der Waals surface area contributed by atoms with Gasteiger partial charge >= 0.3 is 0 Å². The quantitative estimate of drug-likeness (QED) is 0.769. The van der Waals surface area contributed by atoms with Crippen molar-refractivity contribution in [3.8, 4) is 5.75 Å². The number of amides is 1. The molecular weight excluding hydrogens is 298 g/mol. The van der Waals surface area contributed by atoms with Gasteiger partial charge in [-0.3, -0.25) is 4.79 Å². The van der Waals surface area contributed by atoms with Crippen molar-refractivity contribution in [1.29, 1.82) is 0 Å². The molecule has 22 heavy (non-hydrogen) atoms. The molecule has 6 heteroatoms. The molecule has 0 spiro atoms. The molecule has 0 fully saturated rings. The molecule has 1 amide bonds. The van der Waals surface area contributed by atoms with E-state index in [0.717, 1.165) is 21.9 Å². The van der Waals surface area contributed by atoms with Crippen LogP contribution in [0.5, 0.6) is 5.75 Å². The van der Waals surface area contributed by atoms with Crippen LogP contribution in [0.25, 0.3) is 11.0 Å². The highest BCUT2D eigenvalue weighted by Crippen LogP contribution is 2.23. The van der Waals surface area contributed by atoms with Crippen molar-refractivity contribution in [3.05, 3.63) is 18.2 Å². The summed E-state index contributed by atoms with van der Waals surface area (Å²) in [5.41, 5.74) is 1.80. The van der Waals surface area contributed by atoms with Crippen molar-refractivity contribution in [1.82, 2.24) is 15.3 Å². The SMILES string of the molecule is CCOc1ccc2nc(SCC(=O)NC(C)C(C)C)[nH]c2c1. The summed E-state index contributed by atoms with van der Waals surface area (Å²) in [6.45, 7) is 8.79. The highest BCUT2D eigenvalue weighted by atomic mass is 32.2. The number of carbonyl (C=O) groups is 1. The molecule has 0 bridgehead atoms. The number of ether oxygens (including phenoxy) is 1. The van der Waals surface area contributed by atoms with Crippen molar-refractivity contribution in [3.63, 3.8) is 0 Å². The van der Waals surface area contributed by atoms with Crippen LogP contribution in [0.15, 0.2) is 23.4 Å². The molecule has 0 radical (unpaired) electrons. The van der Waals surface area contributed by atoms with E-state index in [1.807, 2.05) is 32.0 Å². The molecule has 5 nitrogen and oxygen atoms in total. The minimum atomic E-state index is 0.0293. The molecule has 2 aromatic rings. The maximum Gasteiger partial charge on any atom is 0.230 e. The van der Waals surface area contributed by atoms with Gasteiger partial charge in [-0.2, -0.15) is 0 Å². The van der Waals surface area contributed by atoms with Crippen molar-refractivity contribution < 1.29 is 9.53 Å². The maximum absolute atomic E-state index is 11.9. The number of hydrogen-bond donors (Lipinski definition) is 2. The fourth-order valence-corrected chi connectivity index (χ4v) is 2.58. The standard InChI is InChI=1S/C16H23N3O2S/c1-5-21-12-6-7-13-14(8-12)19-16(18-13)22-9-15(20)17-11(4)10(2)3/h6-8,10-11H,5,9H2,1-4H3,(H,17,20)(H,18,19). The molecule has 0 saturated heterocycles. The zero-order valence-corrected chi connectivity index (χ0v) is 14.3. The summed E-state index contributed by atoms with van der Waals surface area (Å²) >= 11 is 1.41. The lowest BCUT2D eigenvalue weighted by Crippen LogP contribution is -2.37. The smallest absolute Gasteiger partial charge is 0.230 e. The number of thioether (sulfide) groups is 1. The summed E-state index contributed by atoms with van der Waals surface area (Å²) in [5, 5.41) is 3.73. The van der Waals surface area contributed by atoms with Gasteiger partial charge in [-0.05, 0) is 31.9 Å². The third kappa shape index (κ3) is 4.40. The second-order valence-electron chi connectivity index (χ2n) is 5.54. The Morgan fingerprint density at radius 3 is 2.86 bits per heavy atom. The average Bonchev–Trinajstić information content (AvgIpc) is 2.87. The van der Waals surface area contributed by atoms with Crippen molar-refractivity contribution >= 4 is 28.7 Å². The number of H-pyrrole nitrogens is 1. The molecule has 1 aromatic carbocycles. The van der Waals surface area contributed by atoms with E-state index in [9.17, 15) is 4.79 Å². The fourth-order valence-electron chi connectivity index (χ4n) is 1.89. The zero-order valence-electron chi connectivity index (χ0n) is 13.5. The van der Waals surface area contributed by atoms with E-state index in [-0.39, 0.29) is 11.9 Å². The van der Waals surface area contributed by atoms with Gasteiger partial charge in [0.2, 0.25) is 5.91 Å². The average molecular weight is 321 g/mol. The van der Waals surface area contributed by atoms with Gasteiger partial charge in [0.05, 0.1) is 23.4 Å². The lowest BCUT2D eigenvalue weighted by atomic mass is 10.1. The molecule has 120 valence electrons. The highest BCUT2D eigenvalue weighted by molar-refractivity contribution is 7.99. The summed E-state index contributed by atoms with van der Waals surface area (Å²) in [6.07, 6.45) is 0. The Morgan fingerprint density at radius 2 is 2.18 bits per heavy atom. The first kappa shape index (κ1) is 16.7. The lowest BCUT2D eigenvalue weighted by Gasteiger charge is -2.16. The summed E-state index contributed by atoms with van der Waals surface area (Å²) in [7, 11) is 0. The molecule has 0 aliphatic carbocycles. The molecule has 0 saturated carbocycles. The van der Waals surface area contributed by atoms with Gasteiger partial charge < -0.3 is 15.0 Å². The first-order chi connectivity index (χ1) is 10.5. The first-order valence-electron chi connectivity index (χ1n) is 7.54. The van der Waals surface area contributed by atoms with Crippen LogP contribution >= 0.6 is 11.8 Å². The second-order valence-corrected chi connectivity index (χ2v) is 6.51. The van der Waals surface area contributed by atoms with Gasteiger partial charge in [0.25, 0.3) is 0 Å². The van der Waals surface area contributed by atoms with E-state index < -0.39 is 0 Å². The second kappa shape index (κ2) is 7.54. The number of fused-ring (bicyclic) bond motifs is 1. The lowest BCUT2D eigenvalue weighted by molar-refractivity contribution is -0.119. The molecule has 0 aliphatic heterocycles. The van der Waals surface area contributed by atoms with Crippen LogP contribution in [0.2, 0.25) is 0 Å². The summed E-state index contributed by atoms with van der Waals surface area (Å²) in [5.74, 6) is 1.63. The third-order valence-corrected chi connectivity index (χ3v) is 4.34. The largest absolute Gasteiger partial charge is 0.494 e. The Kier molecular flexibility index (Phi) is 5.71. The number of nitrogens with zero attached hydrogens (tertiary/aromatic N) is 1. The van der Waals surface area contributed by atoms with Crippen LogP contribution in [-0.2, 0) is 4.79 Å². The predicted molar refractivity (Wildman–Crippen MR) is 90.4 cm³/mol. The molecule has 1 atom stereocenters. The number of benzene rings is 1. The molecule has 0 aliphatic rings. The normalized spacial score (nSPS) is 12.6. The summed E-state index contributed by atoms with van der Waals surface area (Å²) < 4.78 is 5.47. The summed E-state index contributed by atoms with van der Waals surface area (Å²) in [4.78, 5) is 19.6. The van der Waals surface area contributed by atoms with Gasteiger partial charge in [0.1, 0.15) is 5.75 Å². The molecule has 1 unspecified atom stereocenters. The molecule has 2 rings (SSSR count). The Bertz CT molecular complexity index is 639. The number of rotatable bonds is 7. The Morgan fingerprint density at radius 1 is 1.41 bits per heavy atom. The van der Waals surface area contributed by atoms with Crippen LogP contribution in [0.3, 0.4) is 0 Å². The van der Waals surface area contributed by atoms with E-state index >= 15 is 0 Å². The maximum atomic E-state index is 11.9. The Balaban J connectivity index is 1.95. The van der Waals surface area contributed by atoms with Gasteiger partial charge in [0.15, 0.2) is 5.16 Å². The number of carbonyl (C=O) groups excluding carboxylic acids is 1. The molecular formula is C16H23N3O2S. The van der Waals surface area contributed by atoms with Crippen molar-refractivity contribution in [2.75, 3.05) is 12.4 Å². The van der Waals surface area contributed by atoms with Crippen LogP contribution in [0.4, 0.5) is 0 Å².